The molecule has 154 valence electrons. The number of esters is 1. The summed E-state index contributed by atoms with van der Waals surface area (Å²) in [6, 6.07) is 8.46. The second-order valence-corrected chi connectivity index (χ2v) is 9.52. The number of ether oxygens (including phenoxy) is 1. The normalized spacial score (nSPS) is 12.7. The van der Waals surface area contributed by atoms with E-state index < -0.39 is 27.0 Å². The highest BCUT2D eigenvalue weighted by atomic mass is 35.5. The van der Waals surface area contributed by atoms with Gasteiger partial charge in [-0.25, -0.2) is 17.3 Å². The summed E-state index contributed by atoms with van der Waals surface area (Å²) in [4.78, 5) is 14.3. The molecule has 0 saturated heterocycles. The van der Waals surface area contributed by atoms with Crippen molar-refractivity contribution in [1.82, 2.24) is 9.71 Å². The average molecular weight is 476 g/mol. The monoisotopic (exact) mass is 475 g/mol. The highest BCUT2D eigenvalue weighted by Crippen LogP contribution is 2.35. The van der Waals surface area contributed by atoms with Crippen molar-refractivity contribution in [3.8, 4) is 0 Å². The number of sulfonamides is 1. The van der Waals surface area contributed by atoms with Gasteiger partial charge in [0.1, 0.15) is 17.5 Å². The molecule has 0 radical (unpaired) electrons. The second-order valence-electron chi connectivity index (χ2n) is 5.72. The van der Waals surface area contributed by atoms with Crippen molar-refractivity contribution in [1.29, 1.82) is 0 Å². The molecule has 0 fully saturated rings. The number of benzene rings is 2. The van der Waals surface area contributed by atoms with Crippen LogP contribution in [0.15, 0.2) is 52.4 Å². The van der Waals surface area contributed by atoms with E-state index >= 15 is 0 Å². The first-order chi connectivity index (χ1) is 13.7. The van der Waals surface area contributed by atoms with Crippen LogP contribution in [0, 0.1) is 0 Å². The van der Waals surface area contributed by atoms with Crippen molar-refractivity contribution in [2.24, 2.45) is 0 Å². The van der Waals surface area contributed by atoms with E-state index in [2.05, 4.69) is 19.2 Å². The van der Waals surface area contributed by atoms with Crippen LogP contribution >= 0.6 is 23.2 Å². The molecule has 1 atom stereocenters. The Morgan fingerprint density at radius 2 is 1.83 bits per heavy atom. The van der Waals surface area contributed by atoms with E-state index in [-0.39, 0.29) is 17.1 Å². The number of anilines is 1. The molecule has 0 amide bonds. The van der Waals surface area contributed by atoms with Crippen molar-refractivity contribution in [2.75, 3.05) is 18.4 Å². The van der Waals surface area contributed by atoms with Crippen LogP contribution in [0.4, 0.5) is 5.69 Å². The van der Waals surface area contributed by atoms with Gasteiger partial charge in [0.2, 0.25) is 0 Å². The van der Waals surface area contributed by atoms with E-state index in [0.717, 1.165) is 0 Å². The number of rotatable bonds is 7. The number of hydrogen-bond donors (Lipinski definition) is 3. The fourth-order valence-electron chi connectivity index (χ4n) is 2.48. The molecule has 0 bridgehead atoms. The first-order valence-electron chi connectivity index (χ1n) is 8.03. The lowest BCUT2D eigenvalue weighted by Gasteiger charge is -2.10. The van der Waals surface area contributed by atoms with Crippen LogP contribution < -0.4 is 9.44 Å². The second kappa shape index (κ2) is 8.72. The van der Waals surface area contributed by atoms with Gasteiger partial charge in [-0.1, -0.05) is 23.2 Å². The smallest absolute Gasteiger partial charge is 0.320 e. The van der Waals surface area contributed by atoms with Crippen LogP contribution in [-0.2, 0) is 30.5 Å². The summed E-state index contributed by atoms with van der Waals surface area (Å²) in [5.41, 5.74) is 0.736. The SMILES string of the molecule is COC(=O)CNS(=O)c1ccc(S(=O)(=O)Nc2ccc(Cl)c3c(Cl)c[nH]c23)cc1. The van der Waals surface area contributed by atoms with Gasteiger partial charge in [-0.15, -0.1) is 0 Å². The molecule has 0 aliphatic heterocycles. The fourth-order valence-corrected chi connectivity index (χ4v) is 4.91. The minimum atomic E-state index is -3.93. The summed E-state index contributed by atoms with van der Waals surface area (Å²) in [6.07, 6.45) is 1.52. The Labute approximate surface area is 179 Å². The zero-order chi connectivity index (χ0) is 21.2. The number of methoxy groups -OCH3 is 1. The maximum absolute atomic E-state index is 12.7. The molecule has 3 rings (SSSR count). The number of carbonyl (C=O) groups is 1. The number of nitrogens with one attached hydrogen (secondary N) is 3. The number of halogens is 2. The Hall–Kier alpha value is -2.11. The van der Waals surface area contributed by atoms with Crippen molar-refractivity contribution in [3.63, 3.8) is 0 Å². The fraction of sp³-hybridized carbons (Fsp3) is 0.118. The molecule has 12 heteroatoms. The maximum atomic E-state index is 12.7. The number of carbonyl (C=O) groups excluding carboxylic acids is 1. The topological polar surface area (TPSA) is 117 Å². The van der Waals surface area contributed by atoms with E-state index in [4.69, 9.17) is 23.2 Å². The van der Waals surface area contributed by atoms with Gasteiger partial charge in [0.15, 0.2) is 0 Å². The van der Waals surface area contributed by atoms with Crippen LogP contribution in [0.2, 0.25) is 10.0 Å². The van der Waals surface area contributed by atoms with Crippen molar-refractivity contribution in [2.45, 2.75) is 9.79 Å². The maximum Gasteiger partial charge on any atom is 0.320 e. The molecule has 1 unspecified atom stereocenters. The van der Waals surface area contributed by atoms with E-state index in [1.807, 2.05) is 0 Å². The predicted octanol–water partition coefficient (Wildman–Crippen LogP) is 3.06. The molecule has 0 aliphatic rings. The van der Waals surface area contributed by atoms with Crippen molar-refractivity contribution in [3.05, 3.63) is 52.6 Å². The summed E-state index contributed by atoms with van der Waals surface area (Å²) in [5.74, 6) is -0.569. The van der Waals surface area contributed by atoms with E-state index in [1.54, 1.807) is 6.07 Å². The third kappa shape index (κ3) is 4.73. The average Bonchev–Trinajstić information content (AvgIpc) is 3.10. The van der Waals surface area contributed by atoms with E-state index in [0.29, 0.717) is 25.8 Å². The van der Waals surface area contributed by atoms with Gasteiger partial charge in [0.05, 0.1) is 38.2 Å². The minimum Gasteiger partial charge on any atom is -0.468 e. The molecule has 3 aromatic rings. The van der Waals surface area contributed by atoms with Gasteiger partial charge in [0, 0.05) is 11.6 Å². The Balaban J connectivity index is 1.81. The van der Waals surface area contributed by atoms with Gasteiger partial charge in [-0.2, -0.15) is 0 Å². The number of aromatic nitrogens is 1. The largest absolute Gasteiger partial charge is 0.468 e. The van der Waals surface area contributed by atoms with Crippen LogP contribution in [0.1, 0.15) is 0 Å². The third-order valence-electron chi connectivity index (χ3n) is 3.90. The van der Waals surface area contributed by atoms with Crippen LogP contribution in [0.5, 0.6) is 0 Å². The molecular formula is C17H15Cl2N3O5S2. The zero-order valence-electron chi connectivity index (χ0n) is 14.9. The number of aromatic amines is 1. The molecule has 0 saturated carbocycles. The number of hydrogen-bond acceptors (Lipinski definition) is 5. The van der Waals surface area contributed by atoms with Gasteiger partial charge < -0.3 is 9.72 Å². The lowest BCUT2D eigenvalue weighted by Crippen LogP contribution is -2.25. The minimum absolute atomic E-state index is 0.0352. The van der Waals surface area contributed by atoms with Gasteiger partial charge in [0.25, 0.3) is 10.0 Å². The number of fused-ring (bicyclic) bond motifs is 1. The Kier molecular flexibility index (Phi) is 6.49. The molecule has 2 aromatic carbocycles. The Morgan fingerprint density at radius 1 is 1.14 bits per heavy atom. The molecule has 1 heterocycles. The quantitative estimate of drug-likeness (QED) is 0.453. The summed E-state index contributed by atoms with van der Waals surface area (Å²) < 4.78 is 47.0. The summed E-state index contributed by atoms with van der Waals surface area (Å²) >= 11 is 12.2. The third-order valence-corrected chi connectivity index (χ3v) is 7.01. The van der Waals surface area contributed by atoms with Gasteiger partial charge >= 0.3 is 5.97 Å². The summed E-state index contributed by atoms with van der Waals surface area (Å²) in [5, 5.41) is 1.27. The van der Waals surface area contributed by atoms with Crippen LogP contribution in [-0.4, -0.2) is 37.2 Å². The van der Waals surface area contributed by atoms with Crippen molar-refractivity contribution < 1.29 is 22.2 Å². The molecular weight excluding hydrogens is 461 g/mol. The molecule has 3 N–H and O–H groups in total. The lowest BCUT2D eigenvalue weighted by atomic mass is 10.2. The molecule has 1 aromatic heterocycles. The van der Waals surface area contributed by atoms with E-state index in [9.17, 15) is 17.4 Å². The molecule has 29 heavy (non-hydrogen) atoms. The highest BCUT2D eigenvalue weighted by molar-refractivity contribution is 7.92. The summed E-state index contributed by atoms with van der Waals surface area (Å²) in [6.45, 7) is -0.240. The van der Waals surface area contributed by atoms with Crippen LogP contribution in [0.25, 0.3) is 10.9 Å². The molecule has 0 aliphatic carbocycles. The van der Waals surface area contributed by atoms with Gasteiger partial charge in [-0.05, 0) is 36.4 Å². The van der Waals surface area contributed by atoms with E-state index in [1.165, 1.54) is 43.6 Å². The zero-order valence-corrected chi connectivity index (χ0v) is 18.0. The molecule has 8 nitrogen and oxygen atoms in total. The predicted molar refractivity (Wildman–Crippen MR) is 112 cm³/mol. The first kappa shape index (κ1) is 21.6. The lowest BCUT2D eigenvalue weighted by molar-refractivity contribution is -0.139. The Bertz CT molecular complexity index is 1190. The highest BCUT2D eigenvalue weighted by Gasteiger charge is 2.18. The molecule has 0 spiro atoms. The first-order valence-corrected chi connectivity index (χ1v) is 11.4. The number of H-pyrrole nitrogens is 1. The standard InChI is InChI=1S/C17H15Cl2N3O5S2/c1-27-15(23)9-21-28(24)10-2-4-11(5-3-10)29(25,26)22-14-7-6-12(18)16-13(19)8-20-17(14)16/h2-8,20-22H,9H2,1H3. The Morgan fingerprint density at radius 3 is 2.48 bits per heavy atom. The van der Waals surface area contributed by atoms with Gasteiger partial charge in [-0.3, -0.25) is 9.52 Å². The van der Waals surface area contributed by atoms with Crippen LogP contribution in [0.3, 0.4) is 0 Å². The van der Waals surface area contributed by atoms with Crippen molar-refractivity contribution >= 4 is 66.8 Å². The summed E-state index contributed by atoms with van der Waals surface area (Å²) in [7, 11) is -4.41.